The number of anilines is 2. The first-order valence-electron chi connectivity index (χ1n) is 12.7. The number of hydrogen-bond donors (Lipinski definition) is 0. The Morgan fingerprint density at radius 3 is 2.44 bits per heavy atom. The van der Waals surface area contributed by atoms with Crippen molar-refractivity contribution in [1.29, 1.82) is 0 Å². The van der Waals surface area contributed by atoms with Crippen molar-refractivity contribution < 1.29 is 23.9 Å². The first kappa shape index (κ1) is 25.7. The van der Waals surface area contributed by atoms with Gasteiger partial charge in [0, 0.05) is 45.0 Å². The van der Waals surface area contributed by atoms with E-state index in [4.69, 9.17) is 9.47 Å². The van der Waals surface area contributed by atoms with E-state index in [0.717, 1.165) is 49.8 Å². The van der Waals surface area contributed by atoms with Crippen molar-refractivity contribution >= 4 is 29.1 Å². The number of carbonyl (C=O) groups is 3. The predicted octanol–water partition coefficient (Wildman–Crippen LogP) is 4.02. The first-order valence-corrected chi connectivity index (χ1v) is 12.7. The highest BCUT2D eigenvalue weighted by molar-refractivity contribution is 6.01. The monoisotopic (exact) mass is 493 g/mol. The molecule has 0 radical (unpaired) electrons. The van der Waals surface area contributed by atoms with Crippen LogP contribution in [0.3, 0.4) is 0 Å². The van der Waals surface area contributed by atoms with Gasteiger partial charge in [-0.2, -0.15) is 0 Å². The van der Waals surface area contributed by atoms with Gasteiger partial charge in [-0.3, -0.25) is 14.4 Å². The minimum absolute atomic E-state index is 0.00199. The molecule has 0 bridgehead atoms. The molecule has 0 unspecified atom stereocenters. The highest BCUT2D eigenvalue weighted by Crippen LogP contribution is 2.33. The van der Waals surface area contributed by atoms with Crippen LogP contribution in [0.15, 0.2) is 42.5 Å². The second-order valence-corrected chi connectivity index (χ2v) is 9.38. The van der Waals surface area contributed by atoms with Gasteiger partial charge in [0.1, 0.15) is 12.4 Å². The Labute approximate surface area is 212 Å². The Bertz CT molecular complexity index is 1100. The van der Waals surface area contributed by atoms with Crippen LogP contribution in [-0.2, 0) is 20.9 Å². The smallest absolute Gasteiger partial charge is 0.264 e. The van der Waals surface area contributed by atoms with Crippen molar-refractivity contribution in [1.82, 2.24) is 4.90 Å². The molecule has 36 heavy (non-hydrogen) atoms. The molecule has 192 valence electrons. The highest BCUT2D eigenvalue weighted by atomic mass is 16.5. The maximum atomic E-state index is 13.8. The fourth-order valence-electron chi connectivity index (χ4n) is 4.81. The molecule has 2 aromatic rings. The van der Waals surface area contributed by atoms with Crippen LogP contribution >= 0.6 is 0 Å². The number of rotatable bonds is 3. The minimum Gasteiger partial charge on any atom is -0.482 e. The molecule has 4 rings (SSSR count). The average molecular weight is 494 g/mol. The number of likely N-dealkylation sites (N-methyl/N-ethyl adjacent to an activating group) is 1. The molecule has 0 saturated heterocycles. The SMILES string of the molecule is COCC(=O)N1CCCCCCCCN(C(=O)c2ccc3c(c2)N(C)C(=O)CO3)Cc2ccccc21. The van der Waals surface area contributed by atoms with Crippen LogP contribution in [-0.4, -0.2) is 63.1 Å². The lowest BCUT2D eigenvalue weighted by Crippen LogP contribution is -2.37. The van der Waals surface area contributed by atoms with Gasteiger partial charge in [-0.25, -0.2) is 0 Å². The number of carbonyl (C=O) groups excluding carboxylic acids is 3. The van der Waals surface area contributed by atoms with E-state index in [-0.39, 0.29) is 30.9 Å². The van der Waals surface area contributed by atoms with Gasteiger partial charge in [0.25, 0.3) is 17.7 Å². The third-order valence-electron chi connectivity index (χ3n) is 6.85. The van der Waals surface area contributed by atoms with Crippen molar-refractivity contribution in [2.24, 2.45) is 0 Å². The molecule has 0 aromatic heterocycles. The zero-order chi connectivity index (χ0) is 25.5. The number of methoxy groups -OCH3 is 1. The zero-order valence-electron chi connectivity index (χ0n) is 21.2. The molecule has 3 amide bonds. The number of hydrogen-bond acceptors (Lipinski definition) is 5. The Morgan fingerprint density at radius 2 is 1.67 bits per heavy atom. The Balaban J connectivity index is 1.66. The second kappa shape index (κ2) is 12.0. The molecule has 8 nitrogen and oxygen atoms in total. The molecule has 2 aliphatic heterocycles. The summed E-state index contributed by atoms with van der Waals surface area (Å²) in [5.74, 6) is 0.254. The van der Waals surface area contributed by atoms with Crippen LogP contribution in [0.5, 0.6) is 5.75 Å². The van der Waals surface area contributed by atoms with Crippen LogP contribution in [0.4, 0.5) is 11.4 Å². The predicted molar refractivity (Wildman–Crippen MR) is 138 cm³/mol. The second-order valence-electron chi connectivity index (χ2n) is 9.38. The third kappa shape index (κ3) is 5.87. The number of fused-ring (bicyclic) bond motifs is 2. The van der Waals surface area contributed by atoms with Gasteiger partial charge in [-0.1, -0.05) is 43.9 Å². The number of amides is 3. The molecule has 8 heteroatoms. The van der Waals surface area contributed by atoms with Gasteiger partial charge in [-0.05, 0) is 42.7 Å². The number of benzene rings is 2. The molecule has 2 aliphatic rings. The van der Waals surface area contributed by atoms with Crippen molar-refractivity contribution in [2.75, 3.05) is 50.3 Å². The van der Waals surface area contributed by atoms with E-state index >= 15 is 0 Å². The molecule has 0 fully saturated rings. The Kier molecular flexibility index (Phi) is 8.59. The summed E-state index contributed by atoms with van der Waals surface area (Å²) in [4.78, 5) is 44.0. The van der Waals surface area contributed by atoms with Crippen LogP contribution in [0, 0.1) is 0 Å². The van der Waals surface area contributed by atoms with E-state index in [1.807, 2.05) is 29.2 Å². The fraction of sp³-hybridized carbons (Fsp3) is 0.464. The number of para-hydroxylation sites is 1. The summed E-state index contributed by atoms with van der Waals surface area (Å²) in [6.07, 6.45) is 6.15. The number of ether oxygens (including phenoxy) is 2. The first-order chi connectivity index (χ1) is 17.5. The van der Waals surface area contributed by atoms with E-state index in [0.29, 0.717) is 36.6 Å². The molecule has 0 aliphatic carbocycles. The summed E-state index contributed by atoms with van der Waals surface area (Å²) >= 11 is 0. The van der Waals surface area contributed by atoms with Crippen LogP contribution in [0.25, 0.3) is 0 Å². The lowest BCUT2D eigenvalue weighted by Gasteiger charge is -2.29. The van der Waals surface area contributed by atoms with Gasteiger partial charge in [0.05, 0.1) is 5.69 Å². The zero-order valence-corrected chi connectivity index (χ0v) is 21.2. The highest BCUT2D eigenvalue weighted by Gasteiger charge is 2.26. The van der Waals surface area contributed by atoms with E-state index in [1.165, 1.54) is 12.0 Å². The molecular weight excluding hydrogens is 458 g/mol. The lowest BCUT2D eigenvalue weighted by atomic mass is 10.1. The molecule has 2 aromatic carbocycles. The average Bonchev–Trinajstić information content (AvgIpc) is 2.90. The van der Waals surface area contributed by atoms with Gasteiger partial charge in [-0.15, -0.1) is 0 Å². The quantitative estimate of drug-likeness (QED) is 0.645. The normalized spacial score (nSPS) is 17.2. The van der Waals surface area contributed by atoms with E-state index in [9.17, 15) is 14.4 Å². The summed E-state index contributed by atoms with van der Waals surface area (Å²) < 4.78 is 10.7. The summed E-state index contributed by atoms with van der Waals surface area (Å²) in [5, 5.41) is 0. The third-order valence-corrected chi connectivity index (χ3v) is 6.85. The van der Waals surface area contributed by atoms with Crippen LogP contribution in [0.1, 0.15) is 54.4 Å². The Morgan fingerprint density at radius 1 is 0.944 bits per heavy atom. The van der Waals surface area contributed by atoms with Gasteiger partial charge < -0.3 is 24.2 Å². The molecule has 2 heterocycles. The standard InChI is InChI=1S/C28H35N3O5/c1-29-24-17-21(13-14-25(24)36-20-26(29)32)28(34)30-15-9-5-3-4-6-10-16-31(27(33)19-35-2)23-12-8-7-11-22(23)18-30/h7-8,11-14,17H,3-6,9-10,15-16,18-20H2,1-2H3. The number of nitrogens with zero attached hydrogens (tertiary/aromatic N) is 3. The van der Waals surface area contributed by atoms with E-state index in [1.54, 1.807) is 30.1 Å². The molecule has 0 spiro atoms. The maximum Gasteiger partial charge on any atom is 0.264 e. The molecular formula is C28H35N3O5. The Hall–Kier alpha value is -3.39. The topological polar surface area (TPSA) is 79.4 Å². The summed E-state index contributed by atoms with van der Waals surface area (Å²) in [7, 11) is 3.22. The summed E-state index contributed by atoms with van der Waals surface area (Å²) in [6, 6.07) is 13.0. The van der Waals surface area contributed by atoms with Crippen molar-refractivity contribution in [3.63, 3.8) is 0 Å². The van der Waals surface area contributed by atoms with Gasteiger partial charge >= 0.3 is 0 Å². The van der Waals surface area contributed by atoms with Gasteiger partial charge in [0.2, 0.25) is 0 Å². The van der Waals surface area contributed by atoms with Crippen molar-refractivity contribution in [2.45, 2.75) is 45.1 Å². The fourth-order valence-corrected chi connectivity index (χ4v) is 4.81. The minimum atomic E-state index is -0.149. The molecule has 0 saturated carbocycles. The van der Waals surface area contributed by atoms with Crippen molar-refractivity contribution in [3.8, 4) is 5.75 Å². The van der Waals surface area contributed by atoms with Gasteiger partial charge in [0.15, 0.2) is 6.61 Å². The van der Waals surface area contributed by atoms with E-state index < -0.39 is 0 Å². The lowest BCUT2D eigenvalue weighted by molar-refractivity contribution is -0.122. The molecule has 0 atom stereocenters. The summed E-state index contributed by atoms with van der Waals surface area (Å²) in [5.41, 5.74) is 2.84. The summed E-state index contributed by atoms with van der Waals surface area (Å²) in [6.45, 7) is 1.63. The van der Waals surface area contributed by atoms with Crippen LogP contribution in [0.2, 0.25) is 0 Å². The maximum absolute atomic E-state index is 13.8. The largest absolute Gasteiger partial charge is 0.482 e. The molecule has 0 N–H and O–H groups in total. The van der Waals surface area contributed by atoms with Crippen molar-refractivity contribution in [3.05, 3.63) is 53.6 Å². The van der Waals surface area contributed by atoms with Crippen LogP contribution < -0.4 is 14.5 Å². The van der Waals surface area contributed by atoms with E-state index in [2.05, 4.69) is 0 Å².